The van der Waals surface area contributed by atoms with E-state index in [4.69, 9.17) is 9.47 Å². The summed E-state index contributed by atoms with van der Waals surface area (Å²) in [6, 6.07) is 14.6. The van der Waals surface area contributed by atoms with Crippen LogP contribution in [0.25, 0.3) is 0 Å². The van der Waals surface area contributed by atoms with Crippen LogP contribution in [0.3, 0.4) is 0 Å². The van der Waals surface area contributed by atoms with Crippen molar-refractivity contribution in [1.29, 1.82) is 0 Å². The smallest absolute Gasteiger partial charge is 0.231 e. The number of hydrogen-bond donors (Lipinski definition) is 1. The lowest BCUT2D eigenvalue weighted by Crippen LogP contribution is -2.37. The average Bonchev–Trinajstić information content (AvgIpc) is 3.39. The van der Waals surface area contributed by atoms with Gasteiger partial charge in [0.15, 0.2) is 11.5 Å². The predicted molar refractivity (Wildman–Crippen MR) is 109 cm³/mol. The molecular formula is C23H28N2O3. The molecule has 1 unspecified atom stereocenters. The number of benzene rings is 2. The number of nitrogens with one attached hydrogen (secondary N) is 1. The van der Waals surface area contributed by atoms with Crippen LogP contribution in [0.4, 0.5) is 0 Å². The molecule has 0 saturated carbocycles. The van der Waals surface area contributed by atoms with E-state index in [0.717, 1.165) is 30.2 Å². The number of carbonyl (C=O) groups excluding carboxylic acids is 1. The molecule has 148 valence electrons. The van der Waals surface area contributed by atoms with Crippen LogP contribution in [0.1, 0.15) is 42.0 Å². The summed E-state index contributed by atoms with van der Waals surface area (Å²) < 4.78 is 10.8. The molecule has 1 amide bonds. The van der Waals surface area contributed by atoms with Gasteiger partial charge in [-0.2, -0.15) is 0 Å². The van der Waals surface area contributed by atoms with Crippen LogP contribution in [-0.4, -0.2) is 37.2 Å². The maximum absolute atomic E-state index is 12.5. The summed E-state index contributed by atoms with van der Waals surface area (Å²) in [7, 11) is 0. The second-order valence-corrected chi connectivity index (χ2v) is 7.61. The highest BCUT2D eigenvalue weighted by molar-refractivity contribution is 5.76. The van der Waals surface area contributed by atoms with Gasteiger partial charge in [-0.1, -0.05) is 30.3 Å². The molecule has 28 heavy (non-hydrogen) atoms. The average molecular weight is 380 g/mol. The number of aryl methyl sites for hydroxylation is 2. The van der Waals surface area contributed by atoms with Crippen molar-refractivity contribution in [3.05, 3.63) is 59.2 Å². The van der Waals surface area contributed by atoms with Gasteiger partial charge < -0.3 is 14.8 Å². The molecule has 5 nitrogen and oxygen atoms in total. The Labute approximate surface area is 166 Å². The Morgan fingerprint density at radius 2 is 1.89 bits per heavy atom. The Balaban J connectivity index is 1.34. The van der Waals surface area contributed by atoms with Gasteiger partial charge in [0.1, 0.15) is 0 Å². The molecule has 0 spiro atoms. The lowest BCUT2D eigenvalue weighted by atomic mass is 10.00. The fraction of sp³-hybridized carbons (Fsp3) is 0.435. The molecule has 1 atom stereocenters. The second kappa shape index (κ2) is 8.65. The molecular weight excluding hydrogens is 352 g/mol. The van der Waals surface area contributed by atoms with E-state index in [1.807, 2.05) is 18.2 Å². The standard InChI is InChI=1S/C23H28N2O3/c1-17-6-2-3-7-19(17)20(25-12-4-5-13-25)15-24-23(26)11-9-18-8-10-21-22(14-18)28-16-27-21/h2-3,6-8,10,14,20H,4-5,9,11-13,15-16H2,1H3,(H,24,26). The molecule has 4 rings (SSSR count). The maximum Gasteiger partial charge on any atom is 0.231 e. The largest absolute Gasteiger partial charge is 0.454 e. The normalized spacial score (nSPS) is 16.9. The number of nitrogens with zero attached hydrogens (tertiary/aromatic N) is 1. The minimum Gasteiger partial charge on any atom is -0.454 e. The predicted octanol–water partition coefficient (Wildman–Crippen LogP) is 3.61. The zero-order valence-corrected chi connectivity index (χ0v) is 16.4. The van der Waals surface area contributed by atoms with Gasteiger partial charge in [-0.25, -0.2) is 0 Å². The molecule has 0 aromatic heterocycles. The Morgan fingerprint density at radius 3 is 2.71 bits per heavy atom. The molecule has 1 saturated heterocycles. The first-order chi connectivity index (χ1) is 13.7. The highest BCUT2D eigenvalue weighted by atomic mass is 16.7. The van der Waals surface area contributed by atoms with Crippen LogP contribution in [0.15, 0.2) is 42.5 Å². The summed E-state index contributed by atoms with van der Waals surface area (Å²) in [6.07, 6.45) is 3.64. The van der Waals surface area contributed by atoms with E-state index < -0.39 is 0 Å². The molecule has 0 aliphatic carbocycles. The summed E-state index contributed by atoms with van der Waals surface area (Å²) >= 11 is 0. The summed E-state index contributed by atoms with van der Waals surface area (Å²) in [4.78, 5) is 15.0. The summed E-state index contributed by atoms with van der Waals surface area (Å²) in [5, 5.41) is 3.17. The highest BCUT2D eigenvalue weighted by Crippen LogP contribution is 2.32. The fourth-order valence-corrected chi connectivity index (χ4v) is 4.10. The van der Waals surface area contributed by atoms with Gasteiger partial charge in [0.2, 0.25) is 12.7 Å². The van der Waals surface area contributed by atoms with Crippen molar-refractivity contribution in [1.82, 2.24) is 10.2 Å². The van der Waals surface area contributed by atoms with Crippen molar-refractivity contribution in [3.63, 3.8) is 0 Å². The van der Waals surface area contributed by atoms with E-state index in [1.165, 1.54) is 24.0 Å². The van der Waals surface area contributed by atoms with E-state index in [0.29, 0.717) is 19.4 Å². The van der Waals surface area contributed by atoms with Gasteiger partial charge in [0.25, 0.3) is 0 Å². The first-order valence-corrected chi connectivity index (χ1v) is 10.2. The number of hydrogen-bond acceptors (Lipinski definition) is 4. The van der Waals surface area contributed by atoms with E-state index in [1.54, 1.807) is 0 Å². The monoisotopic (exact) mass is 380 g/mol. The van der Waals surface area contributed by atoms with E-state index in [-0.39, 0.29) is 18.7 Å². The third-order valence-corrected chi connectivity index (χ3v) is 5.70. The maximum atomic E-state index is 12.5. The SMILES string of the molecule is Cc1ccccc1C(CNC(=O)CCc1ccc2c(c1)OCO2)N1CCCC1. The molecule has 2 heterocycles. The lowest BCUT2D eigenvalue weighted by Gasteiger charge is -2.29. The molecule has 2 aromatic carbocycles. The molecule has 2 aliphatic heterocycles. The summed E-state index contributed by atoms with van der Waals surface area (Å²) in [5.41, 5.74) is 3.70. The van der Waals surface area contributed by atoms with Crippen molar-refractivity contribution in [3.8, 4) is 11.5 Å². The Hall–Kier alpha value is -2.53. The molecule has 0 radical (unpaired) electrons. The van der Waals surface area contributed by atoms with Crippen LogP contribution in [0.2, 0.25) is 0 Å². The molecule has 1 fully saturated rings. The first-order valence-electron chi connectivity index (χ1n) is 10.2. The van der Waals surface area contributed by atoms with Crippen molar-refractivity contribution in [2.45, 2.75) is 38.6 Å². The number of ether oxygens (including phenoxy) is 2. The van der Waals surface area contributed by atoms with Crippen molar-refractivity contribution in [2.75, 3.05) is 26.4 Å². The first kappa shape index (κ1) is 18.8. The van der Waals surface area contributed by atoms with Crippen LogP contribution in [0.5, 0.6) is 11.5 Å². The third kappa shape index (κ3) is 4.30. The lowest BCUT2D eigenvalue weighted by molar-refractivity contribution is -0.121. The summed E-state index contributed by atoms with van der Waals surface area (Å²) in [5.74, 6) is 1.64. The van der Waals surface area contributed by atoms with Crippen LogP contribution < -0.4 is 14.8 Å². The third-order valence-electron chi connectivity index (χ3n) is 5.70. The molecule has 1 N–H and O–H groups in total. The van der Waals surface area contributed by atoms with Gasteiger partial charge in [-0.15, -0.1) is 0 Å². The van der Waals surface area contributed by atoms with Crippen LogP contribution in [0, 0.1) is 6.92 Å². The van der Waals surface area contributed by atoms with Crippen molar-refractivity contribution in [2.24, 2.45) is 0 Å². The molecule has 2 aliphatic rings. The van der Waals surface area contributed by atoms with Gasteiger partial charge in [0.05, 0.1) is 6.04 Å². The quantitative estimate of drug-likeness (QED) is 0.797. The Kier molecular flexibility index (Phi) is 5.81. The number of carbonyl (C=O) groups is 1. The number of rotatable bonds is 7. The van der Waals surface area contributed by atoms with Crippen LogP contribution in [-0.2, 0) is 11.2 Å². The van der Waals surface area contributed by atoms with E-state index in [2.05, 4.69) is 41.4 Å². The minimum atomic E-state index is 0.0930. The fourth-order valence-electron chi connectivity index (χ4n) is 4.10. The topological polar surface area (TPSA) is 50.8 Å². The number of likely N-dealkylation sites (tertiary alicyclic amines) is 1. The van der Waals surface area contributed by atoms with Gasteiger partial charge in [-0.3, -0.25) is 9.69 Å². The van der Waals surface area contributed by atoms with E-state index >= 15 is 0 Å². The summed E-state index contributed by atoms with van der Waals surface area (Å²) in [6.45, 7) is 5.29. The van der Waals surface area contributed by atoms with Gasteiger partial charge >= 0.3 is 0 Å². The molecule has 0 bridgehead atoms. The highest BCUT2D eigenvalue weighted by Gasteiger charge is 2.25. The zero-order valence-electron chi connectivity index (χ0n) is 16.4. The minimum absolute atomic E-state index is 0.0930. The van der Waals surface area contributed by atoms with Crippen molar-refractivity contribution >= 4 is 5.91 Å². The Morgan fingerprint density at radius 1 is 1.11 bits per heavy atom. The number of amides is 1. The molecule has 5 heteroatoms. The van der Waals surface area contributed by atoms with E-state index in [9.17, 15) is 4.79 Å². The van der Waals surface area contributed by atoms with Crippen molar-refractivity contribution < 1.29 is 14.3 Å². The zero-order chi connectivity index (χ0) is 19.3. The van der Waals surface area contributed by atoms with Gasteiger partial charge in [0, 0.05) is 13.0 Å². The Bertz CT molecular complexity index is 830. The van der Waals surface area contributed by atoms with Crippen LogP contribution >= 0.6 is 0 Å². The van der Waals surface area contributed by atoms with Gasteiger partial charge in [-0.05, 0) is 68.1 Å². The number of fused-ring (bicyclic) bond motifs is 1. The second-order valence-electron chi connectivity index (χ2n) is 7.61. The molecule has 2 aromatic rings.